The number of rotatable bonds is 6. The summed E-state index contributed by atoms with van der Waals surface area (Å²) >= 11 is 0. The Bertz CT molecular complexity index is 256. The van der Waals surface area contributed by atoms with Crippen LogP contribution in [-0.4, -0.2) is 38.0 Å². The van der Waals surface area contributed by atoms with Gasteiger partial charge in [-0.2, -0.15) is 0 Å². The molecule has 0 aromatic carbocycles. The van der Waals surface area contributed by atoms with Crippen LogP contribution in [0.15, 0.2) is 0 Å². The molecule has 1 heterocycles. The summed E-state index contributed by atoms with van der Waals surface area (Å²) in [6.45, 7) is 4.68. The number of hydrogen-bond donors (Lipinski definition) is 3. The molecular formula is C12H24ClN3O2. The summed E-state index contributed by atoms with van der Waals surface area (Å²) in [6.07, 6.45) is 3.78. The van der Waals surface area contributed by atoms with Crippen LogP contribution in [-0.2, 0) is 9.59 Å². The highest BCUT2D eigenvalue weighted by Crippen LogP contribution is 2.17. The molecule has 106 valence electrons. The fraction of sp³-hybridized carbons (Fsp3) is 0.833. The lowest BCUT2D eigenvalue weighted by molar-refractivity contribution is -0.126. The molecule has 18 heavy (non-hydrogen) atoms. The van der Waals surface area contributed by atoms with Crippen molar-refractivity contribution in [3.8, 4) is 0 Å². The lowest BCUT2D eigenvalue weighted by Gasteiger charge is -2.22. The van der Waals surface area contributed by atoms with Crippen LogP contribution in [0.25, 0.3) is 0 Å². The van der Waals surface area contributed by atoms with Gasteiger partial charge in [-0.1, -0.05) is 0 Å². The quantitative estimate of drug-likeness (QED) is 0.660. The van der Waals surface area contributed by atoms with E-state index in [1.165, 1.54) is 0 Å². The molecule has 0 saturated carbocycles. The molecule has 0 unspecified atom stereocenters. The van der Waals surface area contributed by atoms with Crippen molar-refractivity contribution in [1.29, 1.82) is 0 Å². The Balaban J connectivity index is 0.00000289. The predicted octanol–water partition coefficient (Wildman–Crippen LogP) is 0.440. The second kappa shape index (κ2) is 10.1. The number of nitrogens with one attached hydrogen (secondary N) is 3. The molecule has 2 amide bonds. The number of halogens is 1. The number of carbonyl (C=O) groups excluding carboxylic acids is 2. The molecule has 1 fully saturated rings. The molecule has 5 nitrogen and oxygen atoms in total. The number of piperidine rings is 1. The standard InChI is InChI=1S/C12H23N3O2.ClH/c1-2-14-12(17)9-15-11(16)4-3-10-5-7-13-8-6-10;/h10,13H,2-9H2,1H3,(H,14,17)(H,15,16);1H. The first-order valence-electron chi connectivity index (χ1n) is 6.46. The third-order valence-electron chi connectivity index (χ3n) is 3.06. The van der Waals surface area contributed by atoms with E-state index in [2.05, 4.69) is 16.0 Å². The number of amides is 2. The van der Waals surface area contributed by atoms with E-state index in [1.54, 1.807) is 0 Å². The second-order valence-electron chi connectivity index (χ2n) is 4.46. The van der Waals surface area contributed by atoms with Crippen LogP contribution >= 0.6 is 12.4 Å². The van der Waals surface area contributed by atoms with Gasteiger partial charge in [0, 0.05) is 13.0 Å². The zero-order chi connectivity index (χ0) is 12.5. The largest absolute Gasteiger partial charge is 0.355 e. The lowest BCUT2D eigenvalue weighted by atomic mass is 9.93. The van der Waals surface area contributed by atoms with Crippen molar-refractivity contribution in [2.45, 2.75) is 32.6 Å². The first-order chi connectivity index (χ1) is 8.22. The highest BCUT2D eigenvalue weighted by atomic mass is 35.5. The first-order valence-corrected chi connectivity index (χ1v) is 6.46. The molecule has 6 heteroatoms. The van der Waals surface area contributed by atoms with E-state index in [4.69, 9.17) is 0 Å². The normalized spacial score (nSPS) is 15.6. The van der Waals surface area contributed by atoms with Crippen LogP contribution in [0.4, 0.5) is 0 Å². The number of hydrogen-bond acceptors (Lipinski definition) is 3. The number of likely N-dealkylation sites (N-methyl/N-ethyl adjacent to an activating group) is 1. The van der Waals surface area contributed by atoms with E-state index in [0.717, 1.165) is 32.4 Å². The first kappa shape index (κ1) is 17.2. The third kappa shape index (κ3) is 7.50. The molecule has 0 aromatic heterocycles. The zero-order valence-electron chi connectivity index (χ0n) is 11.0. The summed E-state index contributed by atoms with van der Waals surface area (Å²) < 4.78 is 0. The van der Waals surface area contributed by atoms with E-state index in [0.29, 0.717) is 18.9 Å². The molecule has 3 N–H and O–H groups in total. The Morgan fingerprint density at radius 2 is 1.83 bits per heavy atom. The van der Waals surface area contributed by atoms with Gasteiger partial charge in [-0.15, -0.1) is 12.4 Å². The second-order valence-corrected chi connectivity index (χ2v) is 4.46. The van der Waals surface area contributed by atoms with E-state index in [9.17, 15) is 9.59 Å². The van der Waals surface area contributed by atoms with Crippen molar-refractivity contribution in [2.24, 2.45) is 5.92 Å². The summed E-state index contributed by atoms with van der Waals surface area (Å²) in [4.78, 5) is 22.6. The molecule has 0 atom stereocenters. The van der Waals surface area contributed by atoms with E-state index in [1.807, 2.05) is 6.92 Å². The van der Waals surface area contributed by atoms with Gasteiger partial charge in [0.15, 0.2) is 0 Å². The molecule has 0 bridgehead atoms. The SMILES string of the molecule is CCNC(=O)CNC(=O)CCC1CCNCC1.Cl. The predicted molar refractivity (Wildman–Crippen MR) is 73.8 cm³/mol. The summed E-state index contributed by atoms with van der Waals surface area (Å²) in [5, 5.41) is 8.59. The van der Waals surface area contributed by atoms with Crippen LogP contribution in [0.5, 0.6) is 0 Å². The Labute approximate surface area is 115 Å². The van der Waals surface area contributed by atoms with Gasteiger partial charge in [0.1, 0.15) is 0 Å². The minimum Gasteiger partial charge on any atom is -0.355 e. The van der Waals surface area contributed by atoms with Gasteiger partial charge >= 0.3 is 0 Å². The van der Waals surface area contributed by atoms with Crippen LogP contribution in [0.2, 0.25) is 0 Å². The maximum Gasteiger partial charge on any atom is 0.239 e. The average Bonchev–Trinajstić information content (AvgIpc) is 2.35. The summed E-state index contributed by atoms with van der Waals surface area (Å²) in [7, 11) is 0. The fourth-order valence-corrected chi connectivity index (χ4v) is 2.03. The van der Waals surface area contributed by atoms with Crippen molar-refractivity contribution in [2.75, 3.05) is 26.2 Å². The van der Waals surface area contributed by atoms with Crippen molar-refractivity contribution < 1.29 is 9.59 Å². The van der Waals surface area contributed by atoms with Gasteiger partial charge in [-0.25, -0.2) is 0 Å². The fourth-order valence-electron chi connectivity index (χ4n) is 2.03. The van der Waals surface area contributed by atoms with Gasteiger partial charge in [0.2, 0.25) is 11.8 Å². The zero-order valence-corrected chi connectivity index (χ0v) is 11.8. The van der Waals surface area contributed by atoms with Crippen LogP contribution in [0, 0.1) is 5.92 Å². The minimum atomic E-state index is -0.122. The molecule has 0 radical (unpaired) electrons. The third-order valence-corrected chi connectivity index (χ3v) is 3.06. The lowest BCUT2D eigenvalue weighted by Crippen LogP contribution is -2.37. The smallest absolute Gasteiger partial charge is 0.239 e. The highest BCUT2D eigenvalue weighted by molar-refractivity contribution is 5.85. The van der Waals surface area contributed by atoms with Crippen molar-refractivity contribution >= 4 is 24.2 Å². The van der Waals surface area contributed by atoms with Gasteiger partial charge in [-0.05, 0) is 45.2 Å². The summed E-state index contributed by atoms with van der Waals surface area (Å²) in [6, 6.07) is 0. The molecule has 0 spiro atoms. The van der Waals surface area contributed by atoms with Gasteiger partial charge in [0.05, 0.1) is 6.54 Å². The molecule has 1 saturated heterocycles. The number of carbonyl (C=O) groups is 2. The maximum atomic E-state index is 11.5. The Kier molecular flexibility index (Phi) is 9.69. The highest BCUT2D eigenvalue weighted by Gasteiger charge is 2.14. The van der Waals surface area contributed by atoms with Crippen LogP contribution in [0.1, 0.15) is 32.6 Å². The van der Waals surface area contributed by atoms with Crippen molar-refractivity contribution in [3.63, 3.8) is 0 Å². The Morgan fingerprint density at radius 3 is 2.44 bits per heavy atom. The van der Waals surface area contributed by atoms with Crippen LogP contribution in [0.3, 0.4) is 0 Å². The Morgan fingerprint density at radius 1 is 1.17 bits per heavy atom. The molecular weight excluding hydrogens is 254 g/mol. The Hall–Kier alpha value is -0.810. The monoisotopic (exact) mass is 277 g/mol. The summed E-state index contributed by atoms with van der Waals surface area (Å²) in [5.74, 6) is 0.518. The molecule has 1 rings (SSSR count). The minimum absolute atomic E-state index is 0. The van der Waals surface area contributed by atoms with E-state index < -0.39 is 0 Å². The van der Waals surface area contributed by atoms with Gasteiger partial charge < -0.3 is 16.0 Å². The topological polar surface area (TPSA) is 70.2 Å². The van der Waals surface area contributed by atoms with Crippen molar-refractivity contribution in [1.82, 2.24) is 16.0 Å². The molecule has 0 aromatic rings. The van der Waals surface area contributed by atoms with Gasteiger partial charge in [0.25, 0.3) is 0 Å². The maximum absolute atomic E-state index is 11.5. The average molecular weight is 278 g/mol. The summed E-state index contributed by atoms with van der Waals surface area (Å²) in [5.41, 5.74) is 0. The molecule has 1 aliphatic rings. The van der Waals surface area contributed by atoms with Gasteiger partial charge in [-0.3, -0.25) is 9.59 Å². The van der Waals surface area contributed by atoms with Crippen molar-refractivity contribution in [3.05, 3.63) is 0 Å². The van der Waals surface area contributed by atoms with E-state index >= 15 is 0 Å². The van der Waals surface area contributed by atoms with Crippen LogP contribution < -0.4 is 16.0 Å². The van der Waals surface area contributed by atoms with E-state index in [-0.39, 0.29) is 30.8 Å². The molecule has 1 aliphatic heterocycles. The molecule has 0 aliphatic carbocycles.